The number of ether oxygens (including phenoxy) is 3. The van der Waals surface area contributed by atoms with Crippen molar-refractivity contribution in [2.24, 2.45) is 0 Å². The molecule has 2 aromatic rings. The van der Waals surface area contributed by atoms with Gasteiger partial charge in [0.1, 0.15) is 35.3 Å². The second-order valence-electron chi connectivity index (χ2n) is 6.74. The molecule has 27 heavy (non-hydrogen) atoms. The van der Waals surface area contributed by atoms with Crippen molar-refractivity contribution in [1.29, 1.82) is 0 Å². The van der Waals surface area contributed by atoms with Crippen molar-refractivity contribution in [3.8, 4) is 17.2 Å². The van der Waals surface area contributed by atoms with E-state index in [1.165, 1.54) is 12.1 Å². The minimum Gasteiger partial charge on any atom is -0.497 e. The van der Waals surface area contributed by atoms with E-state index in [-0.39, 0.29) is 18.0 Å². The van der Waals surface area contributed by atoms with Gasteiger partial charge in [-0.25, -0.2) is 4.39 Å². The fourth-order valence-corrected chi connectivity index (χ4v) is 3.42. The highest BCUT2D eigenvalue weighted by molar-refractivity contribution is 5.38. The average Bonchev–Trinajstić information content (AvgIpc) is 2.68. The van der Waals surface area contributed by atoms with Crippen molar-refractivity contribution in [2.45, 2.75) is 44.1 Å². The Morgan fingerprint density at radius 3 is 2.44 bits per heavy atom. The Morgan fingerprint density at radius 2 is 1.78 bits per heavy atom. The Bertz CT molecular complexity index is 732. The van der Waals surface area contributed by atoms with Gasteiger partial charge in [-0.15, -0.1) is 0 Å². The largest absolute Gasteiger partial charge is 0.497 e. The summed E-state index contributed by atoms with van der Waals surface area (Å²) in [5.74, 6) is 1.54. The summed E-state index contributed by atoms with van der Waals surface area (Å²) in [5, 5.41) is 14.1. The topological polar surface area (TPSA) is 60.0 Å². The van der Waals surface area contributed by atoms with Gasteiger partial charge in [-0.2, -0.15) is 0 Å². The lowest BCUT2D eigenvalue weighted by molar-refractivity contribution is -0.0158. The van der Waals surface area contributed by atoms with Gasteiger partial charge in [0.2, 0.25) is 0 Å². The van der Waals surface area contributed by atoms with Crippen molar-refractivity contribution >= 4 is 0 Å². The normalized spacial score (nSPS) is 22.3. The molecule has 3 rings (SSSR count). The van der Waals surface area contributed by atoms with E-state index in [0.717, 1.165) is 36.3 Å². The van der Waals surface area contributed by atoms with Gasteiger partial charge >= 0.3 is 0 Å². The number of hydrogen-bond donors (Lipinski definition) is 2. The molecule has 0 bridgehead atoms. The molecule has 5 nitrogen and oxygen atoms in total. The smallest absolute Gasteiger partial charge is 0.126 e. The van der Waals surface area contributed by atoms with Gasteiger partial charge in [0.15, 0.2) is 0 Å². The van der Waals surface area contributed by atoms with Gasteiger partial charge < -0.3 is 24.6 Å². The van der Waals surface area contributed by atoms with Crippen molar-refractivity contribution < 1.29 is 23.7 Å². The summed E-state index contributed by atoms with van der Waals surface area (Å²) in [6.07, 6.45) is 1.48. The molecule has 0 saturated heterocycles. The van der Waals surface area contributed by atoms with Gasteiger partial charge in [0.05, 0.1) is 14.2 Å². The molecule has 0 spiro atoms. The average molecular weight is 375 g/mol. The molecule has 0 amide bonds. The summed E-state index contributed by atoms with van der Waals surface area (Å²) in [7, 11) is 3.23. The van der Waals surface area contributed by atoms with Crippen LogP contribution >= 0.6 is 0 Å². The van der Waals surface area contributed by atoms with Crippen LogP contribution in [-0.4, -0.2) is 37.6 Å². The monoisotopic (exact) mass is 375 g/mol. The van der Waals surface area contributed by atoms with E-state index >= 15 is 0 Å². The van der Waals surface area contributed by atoms with Crippen LogP contribution in [-0.2, 0) is 6.54 Å². The van der Waals surface area contributed by atoms with Gasteiger partial charge in [-0.05, 0) is 49.1 Å². The summed E-state index contributed by atoms with van der Waals surface area (Å²) < 4.78 is 29.8. The Balaban J connectivity index is 1.62. The fourth-order valence-electron chi connectivity index (χ4n) is 3.42. The van der Waals surface area contributed by atoms with E-state index in [1.807, 2.05) is 18.2 Å². The molecule has 0 aliphatic heterocycles. The van der Waals surface area contributed by atoms with Gasteiger partial charge in [0.25, 0.3) is 0 Å². The van der Waals surface area contributed by atoms with Crippen LogP contribution in [0.1, 0.15) is 24.8 Å². The zero-order chi connectivity index (χ0) is 19.2. The molecular formula is C21H26FNO4. The quantitative estimate of drug-likeness (QED) is 0.778. The van der Waals surface area contributed by atoms with Crippen LogP contribution in [0.2, 0.25) is 0 Å². The zero-order valence-electron chi connectivity index (χ0n) is 15.7. The minimum absolute atomic E-state index is 0.102. The number of methoxy groups -OCH3 is 2. The predicted octanol–water partition coefficient (Wildman–Crippen LogP) is 3.29. The maximum Gasteiger partial charge on any atom is 0.126 e. The van der Waals surface area contributed by atoms with Crippen LogP contribution in [0.15, 0.2) is 42.5 Å². The molecule has 0 radical (unpaired) electrons. The van der Waals surface area contributed by atoms with Gasteiger partial charge in [-0.3, -0.25) is 0 Å². The van der Waals surface area contributed by atoms with Crippen LogP contribution in [0.25, 0.3) is 0 Å². The zero-order valence-corrected chi connectivity index (χ0v) is 15.7. The summed E-state index contributed by atoms with van der Waals surface area (Å²) in [6, 6.07) is 11.6. The van der Waals surface area contributed by atoms with E-state index in [2.05, 4.69) is 5.32 Å². The Labute approximate surface area is 159 Å². The van der Waals surface area contributed by atoms with Crippen LogP contribution < -0.4 is 19.5 Å². The first kappa shape index (κ1) is 19.5. The third-order valence-electron chi connectivity index (χ3n) is 4.86. The molecule has 0 unspecified atom stereocenters. The fraction of sp³-hybridized carbons (Fsp3) is 0.429. The Hall–Kier alpha value is -2.31. The second kappa shape index (κ2) is 9.06. The molecule has 1 fully saturated rings. The number of benzene rings is 2. The maximum atomic E-state index is 13.4. The number of halogens is 1. The van der Waals surface area contributed by atoms with Crippen LogP contribution in [0.5, 0.6) is 17.2 Å². The number of rotatable bonds is 7. The molecule has 3 atom stereocenters. The standard InChI is InChI=1S/C21H26FNO4/c1-25-17-9-14(10-18(12-17)26-2)13-23-19-7-4-8-20(21(19)24)27-16-6-3-5-15(22)11-16/h3,5-6,9-12,19-21,23-24H,4,7-8,13H2,1-2H3/t19-,20+,21+/m0/s1. The first-order valence-corrected chi connectivity index (χ1v) is 9.14. The van der Waals surface area contributed by atoms with E-state index in [1.54, 1.807) is 26.4 Å². The lowest BCUT2D eigenvalue weighted by Crippen LogP contribution is -2.50. The number of aliphatic hydroxyl groups excluding tert-OH is 1. The Morgan fingerprint density at radius 1 is 1.04 bits per heavy atom. The highest BCUT2D eigenvalue weighted by atomic mass is 19.1. The summed E-state index contributed by atoms with van der Waals surface area (Å²) in [4.78, 5) is 0. The van der Waals surface area contributed by atoms with E-state index < -0.39 is 6.10 Å². The van der Waals surface area contributed by atoms with Crippen LogP contribution in [0, 0.1) is 5.82 Å². The first-order chi connectivity index (χ1) is 13.1. The van der Waals surface area contributed by atoms with E-state index in [0.29, 0.717) is 12.3 Å². The highest BCUT2D eigenvalue weighted by Crippen LogP contribution is 2.26. The molecule has 1 aliphatic carbocycles. The summed E-state index contributed by atoms with van der Waals surface area (Å²) in [6.45, 7) is 0.571. The number of nitrogens with one attached hydrogen (secondary N) is 1. The minimum atomic E-state index is -0.672. The summed E-state index contributed by atoms with van der Waals surface area (Å²) in [5.41, 5.74) is 1.01. The van der Waals surface area contributed by atoms with Crippen LogP contribution in [0.3, 0.4) is 0 Å². The number of hydrogen-bond acceptors (Lipinski definition) is 5. The van der Waals surface area contributed by atoms with Crippen molar-refractivity contribution in [1.82, 2.24) is 5.32 Å². The predicted molar refractivity (Wildman–Crippen MR) is 101 cm³/mol. The summed E-state index contributed by atoms with van der Waals surface area (Å²) >= 11 is 0. The molecular weight excluding hydrogens is 349 g/mol. The molecule has 2 N–H and O–H groups in total. The molecule has 0 heterocycles. The lowest BCUT2D eigenvalue weighted by Gasteiger charge is -2.35. The third kappa shape index (κ3) is 5.11. The molecule has 6 heteroatoms. The second-order valence-corrected chi connectivity index (χ2v) is 6.74. The van der Waals surface area contributed by atoms with Crippen molar-refractivity contribution in [3.63, 3.8) is 0 Å². The van der Waals surface area contributed by atoms with Crippen molar-refractivity contribution in [2.75, 3.05) is 14.2 Å². The highest BCUT2D eigenvalue weighted by Gasteiger charge is 2.33. The lowest BCUT2D eigenvalue weighted by atomic mass is 9.89. The third-order valence-corrected chi connectivity index (χ3v) is 4.86. The molecule has 1 aliphatic rings. The Kier molecular flexibility index (Phi) is 6.53. The molecule has 146 valence electrons. The SMILES string of the molecule is COc1cc(CN[C@H]2CCC[C@@H](Oc3cccc(F)c3)[C@@H]2O)cc(OC)c1. The van der Waals surface area contributed by atoms with Crippen molar-refractivity contribution in [3.05, 3.63) is 53.8 Å². The first-order valence-electron chi connectivity index (χ1n) is 9.14. The molecule has 2 aromatic carbocycles. The van der Waals surface area contributed by atoms with E-state index in [4.69, 9.17) is 14.2 Å². The van der Waals surface area contributed by atoms with E-state index in [9.17, 15) is 9.50 Å². The molecule has 1 saturated carbocycles. The van der Waals surface area contributed by atoms with Gasteiger partial charge in [0, 0.05) is 24.7 Å². The number of aliphatic hydroxyl groups is 1. The van der Waals surface area contributed by atoms with Crippen LogP contribution in [0.4, 0.5) is 4.39 Å². The maximum absolute atomic E-state index is 13.4. The molecule has 0 aromatic heterocycles. The van der Waals surface area contributed by atoms with Gasteiger partial charge in [-0.1, -0.05) is 6.07 Å².